The average Bonchev–Trinajstić information content (AvgIpc) is 2.26. The molecule has 7 heteroatoms. The summed E-state index contributed by atoms with van der Waals surface area (Å²) in [6, 6.07) is 0. The number of halogens is 4. The third kappa shape index (κ3) is 3.55. The lowest BCUT2D eigenvalue weighted by Gasteiger charge is -2.33. The topological polar surface area (TPSA) is 38.3 Å². The number of carbonyl (C=O) groups is 1. The molecule has 3 nitrogen and oxygen atoms in total. The van der Waals surface area contributed by atoms with Crippen molar-refractivity contribution in [1.29, 1.82) is 0 Å². The minimum Gasteiger partial charge on any atom is -0.381 e. The van der Waals surface area contributed by atoms with E-state index in [9.17, 15) is 22.4 Å². The van der Waals surface area contributed by atoms with Crippen molar-refractivity contribution < 1.29 is 27.1 Å². The van der Waals surface area contributed by atoms with E-state index in [1.807, 2.05) is 5.32 Å². The second kappa shape index (κ2) is 5.20. The number of hydrogen-bond acceptors (Lipinski definition) is 2. The number of ether oxygens (including phenoxy) is 1. The molecule has 1 fully saturated rings. The molecule has 1 N–H and O–H groups in total. The zero-order valence-electron chi connectivity index (χ0n) is 9.44. The Morgan fingerprint density at radius 1 is 1.41 bits per heavy atom. The Balaban J connectivity index is 2.47. The Kier molecular flexibility index (Phi) is 4.35. The largest absolute Gasteiger partial charge is 0.383 e. The van der Waals surface area contributed by atoms with Gasteiger partial charge < -0.3 is 10.1 Å². The van der Waals surface area contributed by atoms with E-state index in [1.165, 1.54) is 0 Å². The summed E-state index contributed by atoms with van der Waals surface area (Å²) in [4.78, 5) is 10.9. The van der Waals surface area contributed by atoms with E-state index < -0.39 is 18.3 Å². The van der Waals surface area contributed by atoms with Crippen molar-refractivity contribution in [3.63, 3.8) is 0 Å². The predicted molar refractivity (Wildman–Crippen MR) is 52.1 cm³/mol. The van der Waals surface area contributed by atoms with Crippen molar-refractivity contribution in [1.82, 2.24) is 5.32 Å². The van der Waals surface area contributed by atoms with Gasteiger partial charge in [0.15, 0.2) is 0 Å². The number of rotatable bonds is 4. The Hall–Kier alpha value is -0.850. The molecule has 1 rings (SSSR count). The van der Waals surface area contributed by atoms with Gasteiger partial charge in [-0.15, -0.1) is 0 Å². The first-order chi connectivity index (χ1) is 7.78. The second-order valence-corrected chi connectivity index (χ2v) is 4.53. The van der Waals surface area contributed by atoms with E-state index in [-0.39, 0.29) is 12.0 Å². The minimum absolute atomic E-state index is 0.0441. The van der Waals surface area contributed by atoms with Gasteiger partial charge in [-0.25, -0.2) is 8.78 Å². The number of alkyl halides is 4. The van der Waals surface area contributed by atoms with E-state index >= 15 is 0 Å². The molecule has 1 aliphatic heterocycles. The molecule has 0 bridgehead atoms. The van der Waals surface area contributed by atoms with E-state index in [0.29, 0.717) is 26.1 Å². The summed E-state index contributed by atoms with van der Waals surface area (Å²) in [5.74, 6) is -6.54. The van der Waals surface area contributed by atoms with Gasteiger partial charge in [0.05, 0.1) is 0 Å². The lowest BCUT2D eigenvalue weighted by atomic mass is 9.82. The highest BCUT2D eigenvalue weighted by Gasteiger charge is 2.49. The Bertz CT molecular complexity index is 277. The van der Waals surface area contributed by atoms with Crippen LogP contribution < -0.4 is 5.32 Å². The molecule has 0 unspecified atom stereocenters. The average molecular weight is 257 g/mol. The van der Waals surface area contributed by atoms with Crippen LogP contribution in [0.15, 0.2) is 0 Å². The zero-order valence-corrected chi connectivity index (χ0v) is 9.44. The van der Waals surface area contributed by atoms with Crippen LogP contribution in [0.25, 0.3) is 0 Å². The van der Waals surface area contributed by atoms with Gasteiger partial charge >= 0.3 is 12.3 Å². The van der Waals surface area contributed by atoms with Crippen LogP contribution >= 0.6 is 0 Å². The summed E-state index contributed by atoms with van der Waals surface area (Å²) >= 11 is 0. The van der Waals surface area contributed by atoms with Gasteiger partial charge in [0.1, 0.15) is 0 Å². The highest BCUT2D eigenvalue weighted by atomic mass is 19.3. The van der Waals surface area contributed by atoms with Crippen LogP contribution in [0.2, 0.25) is 0 Å². The van der Waals surface area contributed by atoms with Crippen LogP contribution in [0.3, 0.4) is 0 Å². The van der Waals surface area contributed by atoms with Crippen molar-refractivity contribution in [2.75, 3.05) is 19.8 Å². The van der Waals surface area contributed by atoms with Crippen molar-refractivity contribution in [3.8, 4) is 0 Å². The molecule has 0 aliphatic carbocycles. The maximum atomic E-state index is 12.6. The van der Waals surface area contributed by atoms with E-state index in [0.717, 1.165) is 0 Å². The molecule has 0 radical (unpaired) electrons. The molecule has 0 aromatic carbocycles. The van der Waals surface area contributed by atoms with Crippen molar-refractivity contribution in [2.24, 2.45) is 5.41 Å². The number of nitrogens with one attached hydrogen (secondary N) is 1. The monoisotopic (exact) mass is 257 g/mol. The number of carbonyl (C=O) groups excluding carboxylic acids is 1. The predicted octanol–water partition coefficient (Wildman–Crippen LogP) is 1.82. The summed E-state index contributed by atoms with van der Waals surface area (Å²) in [7, 11) is 0. The third-order valence-corrected chi connectivity index (χ3v) is 2.95. The first-order valence-electron chi connectivity index (χ1n) is 5.30. The van der Waals surface area contributed by atoms with Gasteiger partial charge in [-0.1, -0.05) is 6.92 Å². The summed E-state index contributed by atoms with van der Waals surface area (Å²) in [6.45, 7) is 2.73. The van der Waals surface area contributed by atoms with E-state index in [1.54, 1.807) is 6.92 Å². The summed E-state index contributed by atoms with van der Waals surface area (Å²) in [6.07, 6.45) is -2.77. The SMILES string of the molecule is CC1(CNC(=O)C(F)(F)C(F)F)CCOCC1. The molecule has 1 saturated heterocycles. The van der Waals surface area contributed by atoms with Gasteiger partial charge in [0, 0.05) is 19.8 Å². The minimum atomic E-state index is -4.62. The fourth-order valence-corrected chi connectivity index (χ4v) is 1.55. The summed E-state index contributed by atoms with van der Waals surface area (Å²) in [5.41, 5.74) is -0.369. The lowest BCUT2D eigenvalue weighted by Crippen LogP contribution is -2.49. The van der Waals surface area contributed by atoms with Crippen LogP contribution in [0.4, 0.5) is 17.6 Å². The molecule has 0 aromatic rings. The molecular formula is C10H15F4NO2. The number of hydrogen-bond donors (Lipinski definition) is 1. The van der Waals surface area contributed by atoms with Crippen LogP contribution in [0.5, 0.6) is 0 Å². The fraction of sp³-hybridized carbons (Fsp3) is 0.900. The molecule has 17 heavy (non-hydrogen) atoms. The third-order valence-electron chi connectivity index (χ3n) is 2.95. The van der Waals surface area contributed by atoms with Gasteiger partial charge in [0.2, 0.25) is 0 Å². The molecule has 0 atom stereocenters. The fourth-order valence-electron chi connectivity index (χ4n) is 1.55. The molecule has 1 aliphatic rings. The molecule has 1 amide bonds. The van der Waals surface area contributed by atoms with Crippen LogP contribution in [0.1, 0.15) is 19.8 Å². The highest BCUT2D eigenvalue weighted by Crippen LogP contribution is 2.29. The summed E-state index contributed by atoms with van der Waals surface area (Å²) in [5, 5.41) is 1.89. The van der Waals surface area contributed by atoms with Gasteiger partial charge in [-0.3, -0.25) is 4.79 Å². The van der Waals surface area contributed by atoms with Crippen molar-refractivity contribution >= 4 is 5.91 Å². The van der Waals surface area contributed by atoms with Crippen LogP contribution in [0, 0.1) is 5.41 Å². The maximum absolute atomic E-state index is 12.6. The van der Waals surface area contributed by atoms with Crippen molar-refractivity contribution in [2.45, 2.75) is 32.1 Å². The molecule has 0 aromatic heterocycles. The Morgan fingerprint density at radius 2 is 1.94 bits per heavy atom. The Morgan fingerprint density at radius 3 is 2.41 bits per heavy atom. The molecule has 0 saturated carbocycles. The zero-order chi connectivity index (χ0) is 13.1. The molecule has 1 heterocycles. The van der Waals surface area contributed by atoms with Crippen LogP contribution in [-0.4, -0.2) is 38.0 Å². The van der Waals surface area contributed by atoms with Gasteiger partial charge in [-0.05, 0) is 18.3 Å². The maximum Gasteiger partial charge on any atom is 0.383 e. The quantitative estimate of drug-likeness (QED) is 0.780. The van der Waals surface area contributed by atoms with Crippen molar-refractivity contribution in [3.05, 3.63) is 0 Å². The van der Waals surface area contributed by atoms with E-state index in [2.05, 4.69) is 0 Å². The van der Waals surface area contributed by atoms with Gasteiger partial charge in [0.25, 0.3) is 5.91 Å². The Labute approximate surface area is 96.5 Å². The van der Waals surface area contributed by atoms with Crippen LogP contribution in [-0.2, 0) is 9.53 Å². The standard InChI is InChI=1S/C10H15F4NO2/c1-9(2-4-17-5-3-9)6-15-8(16)10(13,14)7(11)12/h7H,2-6H2,1H3,(H,15,16). The smallest absolute Gasteiger partial charge is 0.381 e. The lowest BCUT2D eigenvalue weighted by molar-refractivity contribution is -0.170. The molecule has 100 valence electrons. The normalized spacial score (nSPS) is 20.4. The highest BCUT2D eigenvalue weighted by molar-refractivity contribution is 5.83. The first kappa shape index (κ1) is 14.2. The van der Waals surface area contributed by atoms with E-state index in [4.69, 9.17) is 4.74 Å². The molecular weight excluding hydrogens is 242 g/mol. The second-order valence-electron chi connectivity index (χ2n) is 4.53. The molecule has 0 spiro atoms. The summed E-state index contributed by atoms with van der Waals surface area (Å²) < 4.78 is 54.1. The number of amides is 1. The first-order valence-corrected chi connectivity index (χ1v) is 5.30. The van der Waals surface area contributed by atoms with Gasteiger partial charge in [-0.2, -0.15) is 8.78 Å².